The number of rotatable bonds is 3. The highest BCUT2D eigenvalue weighted by Crippen LogP contribution is 2.19. The molecule has 98 valence electrons. The van der Waals surface area contributed by atoms with Gasteiger partial charge in [-0.3, -0.25) is 5.32 Å². The van der Waals surface area contributed by atoms with Crippen molar-refractivity contribution in [2.75, 3.05) is 12.4 Å². The van der Waals surface area contributed by atoms with Crippen molar-refractivity contribution in [3.05, 3.63) is 65.2 Å². The Morgan fingerprint density at radius 1 is 1.11 bits per heavy atom. The van der Waals surface area contributed by atoms with E-state index in [1.165, 1.54) is 18.2 Å². The third kappa shape index (κ3) is 3.58. The van der Waals surface area contributed by atoms with Crippen LogP contribution in [0.1, 0.15) is 16.7 Å². The van der Waals surface area contributed by atoms with E-state index in [4.69, 9.17) is 0 Å². The number of hydrogen-bond acceptors (Lipinski definition) is 2. The van der Waals surface area contributed by atoms with E-state index in [1.807, 2.05) is 37.3 Å². The van der Waals surface area contributed by atoms with E-state index in [1.54, 1.807) is 0 Å². The van der Waals surface area contributed by atoms with E-state index in [0.29, 0.717) is 0 Å². The molecule has 0 atom stereocenters. The number of ether oxygens (including phenoxy) is 1. The molecular formula is C16H17NO2. The molecule has 2 aromatic rings. The van der Waals surface area contributed by atoms with Gasteiger partial charge in [-0.05, 0) is 36.1 Å². The number of methoxy groups -OCH3 is 1. The molecule has 0 unspecified atom stereocenters. The number of carbonyl (C=O) groups is 1. The van der Waals surface area contributed by atoms with Crippen molar-refractivity contribution in [3.63, 3.8) is 0 Å². The summed E-state index contributed by atoms with van der Waals surface area (Å²) in [6, 6.07) is 16.3. The highest BCUT2D eigenvalue weighted by Gasteiger charge is 2.05. The van der Waals surface area contributed by atoms with Gasteiger partial charge in [0.05, 0.1) is 7.11 Å². The number of hydrogen-bond donors (Lipinski definition) is 1. The number of carbonyl (C=O) groups excluding carboxylic acids is 1. The third-order valence-corrected chi connectivity index (χ3v) is 2.96. The van der Waals surface area contributed by atoms with Gasteiger partial charge >= 0.3 is 6.09 Å². The van der Waals surface area contributed by atoms with Gasteiger partial charge in [-0.1, -0.05) is 42.5 Å². The summed E-state index contributed by atoms with van der Waals surface area (Å²) in [5.74, 6) is 0. The lowest BCUT2D eigenvalue weighted by Gasteiger charge is -2.09. The van der Waals surface area contributed by atoms with Gasteiger partial charge in [-0.2, -0.15) is 0 Å². The van der Waals surface area contributed by atoms with Crippen molar-refractivity contribution in [1.82, 2.24) is 0 Å². The number of benzene rings is 2. The Labute approximate surface area is 113 Å². The summed E-state index contributed by atoms with van der Waals surface area (Å²) in [6.07, 6.45) is 0.444. The minimum atomic E-state index is -0.445. The summed E-state index contributed by atoms with van der Waals surface area (Å²) >= 11 is 0. The fraction of sp³-hybridized carbons (Fsp3) is 0.188. The average molecular weight is 255 g/mol. The lowest BCUT2D eigenvalue weighted by atomic mass is 10.0. The molecule has 0 aromatic heterocycles. The second kappa shape index (κ2) is 6.05. The van der Waals surface area contributed by atoms with Crippen LogP contribution in [0.2, 0.25) is 0 Å². The number of aryl methyl sites for hydroxylation is 1. The van der Waals surface area contributed by atoms with Crippen molar-refractivity contribution in [2.45, 2.75) is 13.3 Å². The Morgan fingerprint density at radius 2 is 1.84 bits per heavy atom. The molecular weight excluding hydrogens is 238 g/mol. The normalized spacial score (nSPS) is 10.0. The monoisotopic (exact) mass is 255 g/mol. The lowest BCUT2D eigenvalue weighted by molar-refractivity contribution is 0.187. The average Bonchev–Trinajstić information content (AvgIpc) is 2.43. The Hall–Kier alpha value is -2.29. The molecule has 1 N–H and O–H groups in total. The highest BCUT2D eigenvalue weighted by atomic mass is 16.5. The van der Waals surface area contributed by atoms with E-state index in [0.717, 1.165) is 17.7 Å². The van der Waals surface area contributed by atoms with Crippen LogP contribution < -0.4 is 5.32 Å². The first kappa shape index (κ1) is 13.1. The number of anilines is 1. The molecule has 0 bridgehead atoms. The first-order valence-electron chi connectivity index (χ1n) is 6.17. The zero-order valence-corrected chi connectivity index (χ0v) is 11.1. The molecule has 0 spiro atoms. The number of amides is 1. The fourth-order valence-electron chi connectivity index (χ4n) is 1.97. The molecule has 0 saturated carbocycles. The van der Waals surface area contributed by atoms with E-state index < -0.39 is 6.09 Å². The molecule has 0 aliphatic carbocycles. The number of nitrogens with one attached hydrogen (secondary N) is 1. The second-order valence-electron chi connectivity index (χ2n) is 4.43. The minimum Gasteiger partial charge on any atom is -0.453 e. The van der Waals surface area contributed by atoms with Crippen molar-refractivity contribution >= 4 is 11.8 Å². The molecule has 1 amide bonds. The predicted octanol–water partition coefficient (Wildman–Crippen LogP) is 3.76. The fourth-order valence-corrected chi connectivity index (χ4v) is 1.97. The second-order valence-corrected chi connectivity index (χ2v) is 4.43. The molecule has 0 aliphatic rings. The molecule has 0 heterocycles. The van der Waals surface area contributed by atoms with Gasteiger partial charge in [0.1, 0.15) is 0 Å². The van der Waals surface area contributed by atoms with Gasteiger partial charge < -0.3 is 4.74 Å². The van der Waals surface area contributed by atoms with Gasteiger partial charge in [0.25, 0.3) is 0 Å². The van der Waals surface area contributed by atoms with E-state index in [9.17, 15) is 4.79 Å². The molecule has 0 fully saturated rings. The van der Waals surface area contributed by atoms with E-state index >= 15 is 0 Å². The largest absolute Gasteiger partial charge is 0.453 e. The van der Waals surface area contributed by atoms with Crippen LogP contribution in [0.25, 0.3) is 0 Å². The van der Waals surface area contributed by atoms with Gasteiger partial charge in [0.15, 0.2) is 0 Å². The Balaban J connectivity index is 2.13. The van der Waals surface area contributed by atoms with Crippen LogP contribution >= 0.6 is 0 Å². The van der Waals surface area contributed by atoms with Crippen LogP contribution in [0.3, 0.4) is 0 Å². The molecule has 0 radical (unpaired) electrons. The maximum absolute atomic E-state index is 11.2. The summed E-state index contributed by atoms with van der Waals surface area (Å²) in [4.78, 5) is 11.2. The van der Waals surface area contributed by atoms with Gasteiger partial charge in [0, 0.05) is 5.69 Å². The van der Waals surface area contributed by atoms with Crippen LogP contribution in [-0.2, 0) is 11.2 Å². The van der Waals surface area contributed by atoms with Gasteiger partial charge in [-0.15, -0.1) is 0 Å². The van der Waals surface area contributed by atoms with Crippen LogP contribution in [0.15, 0.2) is 48.5 Å². The highest BCUT2D eigenvalue weighted by molar-refractivity contribution is 5.85. The Morgan fingerprint density at radius 3 is 2.47 bits per heavy atom. The SMILES string of the molecule is COC(=O)Nc1ccc(Cc2ccccc2)cc1C. The van der Waals surface area contributed by atoms with E-state index in [-0.39, 0.29) is 0 Å². The zero-order valence-electron chi connectivity index (χ0n) is 11.1. The lowest BCUT2D eigenvalue weighted by Crippen LogP contribution is -2.11. The molecule has 3 heteroatoms. The molecule has 3 nitrogen and oxygen atoms in total. The van der Waals surface area contributed by atoms with Crippen LogP contribution in [-0.4, -0.2) is 13.2 Å². The Kier molecular flexibility index (Phi) is 4.18. The van der Waals surface area contributed by atoms with Crippen LogP contribution in [0, 0.1) is 6.92 Å². The van der Waals surface area contributed by atoms with Crippen molar-refractivity contribution < 1.29 is 9.53 Å². The summed E-state index contributed by atoms with van der Waals surface area (Å²) in [6.45, 7) is 1.97. The minimum absolute atomic E-state index is 0.445. The van der Waals surface area contributed by atoms with Crippen molar-refractivity contribution in [1.29, 1.82) is 0 Å². The standard InChI is InChI=1S/C16H17NO2/c1-12-10-14(11-13-6-4-3-5-7-13)8-9-15(12)17-16(18)19-2/h3-10H,11H2,1-2H3,(H,17,18). The maximum Gasteiger partial charge on any atom is 0.411 e. The molecule has 2 aromatic carbocycles. The summed E-state index contributed by atoms with van der Waals surface area (Å²) in [5.41, 5.74) is 4.30. The smallest absolute Gasteiger partial charge is 0.411 e. The maximum atomic E-state index is 11.2. The van der Waals surface area contributed by atoms with Crippen LogP contribution in [0.5, 0.6) is 0 Å². The summed E-state index contributed by atoms with van der Waals surface area (Å²) in [5, 5.41) is 2.69. The van der Waals surface area contributed by atoms with Gasteiger partial charge in [0.2, 0.25) is 0 Å². The quantitative estimate of drug-likeness (QED) is 0.906. The first-order chi connectivity index (χ1) is 9.19. The zero-order chi connectivity index (χ0) is 13.7. The predicted molar refractivity (Wildman–Crippen MR) is 76.5 cm³/mol. The molecule has 19 heavy (non-hydrogen) atoms. The topological polar surface area (TPSA) is 38.3 Å². The van der Waals surface area contributed by atoms with Crippen molar-refractivity contribution in [2.24, 2.45) is 0 Å². The molecule has 0 aliphatic heterocycles. The van der Waals surface area contributed by atoms with Crippen molar-refractivity contribution in [3.8, 4) is 0 Å². The molecule has 2 rings (SSSR count). The molecule has 0 saturated heterocycles. The van der Waals surface area contributed by atoms with Gasteiger partial charge in [-0.25, -0.2) is 4.79 Å². The first-order valence-corrected chi connectivity index (χ1v) is 6.17. The summed E-state index contributed by atoms with van der Waals surface area (Å²) in [7, 11) is 1.36. The van der Waals surface area contributed by atoms with E-state index in [2.05, 4.69) is 28.3 Å². The van der Waals surface area contributed by atoms with Crippen LogP contribution in [0.4, 0.5) is 10.5 Å². The summed E-state index contributed by atoms with van der Waals surface area (Å²) < 4.78 is 4.58. The third-order valence-electron chi connectivity index (χ3n) is 2.96. The Bertz CT molecular complexity index is 564.